The third-order valence-corrected chi connectivity index (χ3v) is 2.38. The van der Waals surface area contributed by atoms with Crippen LogP contribution >= 0.6 is 0 Å². The van der Waals surface area contributed by atoms with E-state index in [1.807, 2.05) is 30.3 Å². The number of Topliss-reactive ketones (excluding diaryl/α,β-unsaturated/α-hetero) is 1. The van der Waals surface area contributed by atoms with Crippen LogP contribution in [0.3, 0.4) is 0 Å². The average Bonchev–Trinajstić information content (AvgIpc) is 2.27. The van der Waals surface area contributed by atoms with Crippen molar-refractivity contribution >= 4 is 5.78 Å². The molecule has 1 aromatic rings. The maximum atomic E-state index is 11.8. The second kappa shape index (κ2) is 4.77. The Bertz CT molecular complexity index is 396. The van der Waals surface area contributed by atoms with Crippen LogP contribution in [0.1, 0.15) is 25.8 Å². The van der Waals surface area contributed by atoms with Crippen LogP contribution in [-0.4, -0.2) is 5.78 Å². The van der Waals surface area contributed by atoms with Crippen molar-refractivity contribution in [3.63, 3.8) is 0 Å². The summed E-state index contributed by atoms with van der Waals surface area (Å²) >= 11 is 0. The Morgan fingerprint density at radius 3 is 2.53 bits per heavy atom. The van der Waals surface area contributed by atoms with Crippen molar-refractivity contribution < 1.29 is 4.79 Å². The summed E-state index contributed by atoms with van der Waals surface area (Å²) < 4.78 is 0. The van der Waals surface area contributed by atoms with E-state index in [9.17, 15) is 4.79 Å². The molecule has 1 rings (SSSR count). The van der Waals surface area contributed by atoms with E-state index in [-0.39, 0.29) is 12.2 Å². The van der Waals surface area contributed by atoms with Gasteiger partial charge in [0.05, 0.1) is 12.0 Å². The highest BCUT2D eigenvalue weighted by Crippen LogP contribution is 2.19. The van der Waals surface area contributed by atoms with Crippen LogP contribution in [-0.2, 0) is 10.3 Å². The number of carbonyl (C=O) groups is 1. The van der Waals surface area contributed by atoms with Gasteiger partial charge in [-0.05, 0) is 19.4 Å². The van der Waals surface area contributed by atoms with Crippen LogP contribution in [0, 0.1) is 11.8 Å². The van der Waals surface area contributed by atoms with Gasteiger partial charge in [-0.25, -0.2) is 0 Å². The van der Waals surface area contributed by atoms with Crippen LogP contribution in [0.15, 0.2) is 30.3 Å². The molecule has 0 saturated heterocycles. The van der Waals surface area contributed by atoms with E-state index in [2.05, 4.69) is 11.8 Å². The Morgan fingerprint density at radius 2 is 2.00 bits per heavy atom. The molecule has 78 valence electrons. The number of hydrogen-bond acceptors (Lipinski definition) is 2. The van der Waals surface area contributed by atoms with Crippen LogP contribution in [0.2, 0.25) is 0 Å². The first-order chi connectivity index (χ1) is 7.09. The van der Waals surface area contributed by atoms with Gasteiger partial charge < -0.3 is 5.73 Å². The van der Waals surface area contributed by atoms with Crippen LogP contribution in [0.25, 0.3) is 0 Å². The largest absolute Gasteiger partial charge is 0.315 e. The van der Waals surface area contributed by atoms with Crippen molar-refractivity contribution in [2.45, 2.75) is 25.8 Å². The third kappa shape index (κ3) is 2.68. The molecule has 0 amide bonds. The molecule has 1 unspecified atom stereocenters. The zero-order valence-electron chi connectivity index (χ0n) is 9.08. The number of carbonyl (C=O) groups excluding carboxylic acids is 1. The summed E-state index contributed by atoms with van der Waals surface area (Å²) in [6.45, 7) is 3.44. The molecule has 0 radical (unpaired) electrons. The fraction of sp³-hybridized carbons (Fsp3) is 0.308. The standard InChI is InChI=1S/C13H15NO/c1-3-4-10-12(15)13(2,14)11-8-6-5-7-9-11/h5-9H,10,14H2,1-2H3. The normalized spacial score (nSPS) is 13.5. The van der Waals surface area contributed by atoms with Crippen molar-refractivity contribution in [3.8, 4) is 11.8 Å². The fourth-order valence-electron chi connectivity index (χ4n) is 1.30. The molecule has 2 N–H and O–H groups in total. The van der Waals surface area contributed by atoms with Gasteiger partial charge in [0.15, 0.2) is 5.78 Å². The molecule has 15 heavy (non-hydrogen) atoms. The highest BCUT2D eigenvalue weighted by molar-refractivity contribution is 5.90. The number of benzene rings is 1. The molecule has 0 saturated carbocycles. The Labute approximate surface area is 90.5 Å². The van der Waals surface area contributed by atoms with Gasteiger partial charge in [-0.15, -0.1) is 5.92 Å². The summed E-state index contributed by atoms with van der Waals surface area (Å²) in [4.78, 5) is 11.8. The summed E-state index contributed by atoms with van der Waals surface area (Å²) in [7, 11) is 0. The average molecular weight is 201 g/mol. The second-order valence-electron chi connectivity index (χ2n) is 3.60. The first kappa shape index (κ1) is 11.5. The molecule has 0 aromatic heterocycles. The van der Waals surface area contributed by atoms with Gasteiger partial charge in [0.25, 0.3) is 0 Å². The summed E-state index contributed by atoms with van der Waals surface area (Å²) in [6, 6.07) is 9.36. The molecular formula is C13H15NO. The van der Waals surface area contributed by atoms with Crippen molar-refractivity contribution in [1.29, 1.82) is 0 Å². The van der Waals surface area contributed by atoms with Crippen molar-refractivity contribution in [2.75, 3.05) is 0 Å². The van der Waals surface area contributed by atoms with Crippen molar-refractivity contribution in [1.82, 2.24) is 0 Å². The van der Waals surface area contributed by atoms with E-state index in [1.165, 1.54) is 0 Å². The molecule has 0 spiro atoms. The highest BCUT2D eigenvalue weighted by atomic mass is 16.1. The SMILES string of the molecule is CC#CCC(=O)C(C)(N)c1ccccc1. The van der Waals surface area contributed by atoms with Crippen molar-refractivity contribution in [3.05, 3.63) is 35.9 Å². The smallest absolute Gasteiger partial charge is 0.168 e. The van der Waals surface area contributed by atoms with Crippen LogP contribution < -0.4 is 5.73 Å². The van der Waals surface area contributed by atoms with E-state index in [4.69, 9.17) is 5.73 Å². The van der Waals surface area contributed by atoms with Gasteiger partial charge in [-0.2, -0.15) is 0 Å². The van der Waals surface area contributed by atoms with Crippen LogP contribution in [0.4, 0.5) is 0 Å². The molecule has 0 fully saturated rings. The molecule has 0 aliphatic carbocycles. The van der Waals surface area contributed by atoms with Gasteiger partial charge in [0, 0.05) is 0 Å². The number of rotatable bonds is 3. The lowest BCUT2D eigenvalue weighted by atomic mass is 9.87. The first-order valence-electron chi connectivity index (χ1n) is 4.86. The molecule has 0 heterocycles. The van der Waals surface area contributed by atoms with E-state index in [0.717, 1.165) is 5.56 Å². The maximum Gasteiger partial charge on any atom is 0.168 e. The van der Waals surface area contributed by atoms with Gasteiger partial charge in [0.1, 0.15) is 0 Å². The van der Waals surface area contributed by atoms with Gasteiger partial charge >= 0.3 is 0 Å². The van der Waals surface area contributed by atoms with E-state index in [0.29, 0.717) is 0 Å². The Hall–Kier alpha value is -1.59. The molecule has 0 aliphatic heterocycles. The Kier molecular flexibility index (Phi) is 3.65. The molecule has 0 aliphatic rings. The second-order valence-corrected chi connectivity index (χ2v) is 3.60. The lowest BCUT2D eigenvalue weighted by Crippen LogP contribution is -2.41. The Morgan fingerprint density at radius 1 is 1.40 bits per heavy atom. The van der Waals surface area contributed by atoms with E-state index < -0.39 is 5.54 Å². The monoisotopic (exact) mass is 201 g/mol. The predicted molar refractivity (Wildman–Crippen MR) is 61.1 cm³/mol. The van der Waals surface area contributed by atoms with Crippen LogP contribution in [0.5, 0.6) is 0 Å². The lowest BCUT2D eigenvalue weighted by Gasteiger charge is -2.22. The van der Waals surface area contributed by atoms with Gasteiger partial charge in [-0.1, -0.05) is 36.3 Å². The maximum absolute atomic E-state index is 11.8. The minimum Gasteiger partial charge on any atom is -0.315 e. The molecule has 0 bridgehead atoms. The molecule has 2 heteroatoms. The summed E-state index contributed by atoms with van der Waals surface area (Å²) in [5.74, 6) is 5.39. The van der Waals surface area contributed by atoms with Gasteiger partial charge in [0.2, 0.25) is 0 Å². The summed E-state index contributed by atoms with van der Waals surface area (Å²) in [6.07, 6.45) is 0.207. The van der Waals surface area contributed by atoms with E-state index in [1.54, 1.807) is 13.8 Å². The quantitative estimate of drug-likeness (QED) is 0.758. The van der Waals surface area contributed by atoms with Crippen molar-refractivity contribution in [2.24, 2.45) is 5.73 Å². The molecule has 2 nitrogen and oxygen atoms in total. The third-order valence-electron chi connectivity index (χ3n) is 2.38. The lowest BCUT2D eigenvalue weighted by molar-refractivity contribution is -0.122. The highest BCUT2D eigenvalue weighted by Gasteiger charge is 2.28. The Balaban J connectivity index is 2.91. The number of nitrogens with two attached hydrogens (primary N) is 1. The number of hydrogen-bond donors (Lipinski definition) is 1. The predicted octanol–water partition coefficient (Wildman–Crippen LogP) is 1.84. The minimum atomic E-state index is -0.939. The number of ketones is 1. The molecule has 1 atom stereocenters. The first-order valence-corrected chi connectivity index (χ1v) is 4.86. The summed E-state index contributed by atoms with van der Waals surface area (Å²) in [5, 5.41) is 0. The zero-order chi connectivity index (χ0) is 11.3. The minimum absolute atomic E-state index is 0.0527. The fourth-order valence-corrected chi connectivity index (χ4v) is 1.30. The molecular weight excluding hydrogens is 186 g/mol. The van der Waals surface area contributed by atoms with E-state index >= 15 is 0 Å². The topological polar surface area (TPSA) is 43.1 Å². The zero-order valence-corrected chi connectivity index (χ0v) is 9.08. The molecule has 1 aromatic carbocycles. The summed E-state index contributed by atoms with van der Waals surface area (Å²) in [5.41, 5.74) is 5.89. The van der Waals surface area contributed by atoms with Gasteiger partial charge in [-0.3, -0.25) is 4.79 Å².